The minimum Gasteiger partial charge on any atom is -0.367 e. The summed E-state index contributed by atoms with van der Waals surface area (Å²) in [6.07, 6.45) is -3.63. The Labute approximate surface area is 209 Å². The lowest BCUT2D eigenvalue weighted by Crippen LogP contribution is -2.50. The SMILES string of the molecule is CC1CN(c2cc(F)c(-c3cccc(C=O)c3)cc2NC(=O)c2c[nH]c(=O)cc2C(F)(F)F)CCN1C. The molecule has 0 saturated carbocycles. The zero-order valence-electron chi connectivity index (χ0n) is 20.0. The lowest BCUT2D eigenvalue weighted by molar-refractivity contribution is -0.138. The van der Waals surface area contributed by atoms with Crippen molar-refractivity contribution in [2.75, 3.05) is 36.9 Å². The molecule has 1 amide bonds. The first-order valence-corrected chi connectivity index (χ1v) is 11.4. The summed E-state index contributed by atoms with van der Waals surface area (Å²) in [5.41, 5.74) is -2.05. The van der Waals surface area contributed by atoms with Crippen LogP contribution in [0.2, 0.25) is 0 Å². The van der Waals surface area contributed by atoms with Crippen LogP contribution in [0.15, 0.2) is 53.5 Å². The second-order valence-electron chi connectivity index (χ2n) is 8.94. The zero-order chi connectivity index (χ0) is 26.9. The summed E-state index contributed by atoms with van der Waals surface area (Å²) < 4.78 is 56.1. The van der Waals surface area contributed by atoms with E-state index in [1.165, 1.54) is 18.2 Å². The Hall–Kier alpha value is -3.99. The maximum Gasteiger partial charge on any atom is 0.417 e. The molecule has 1 aromatic heterocycles. The van der Waals surface area contributed by atoms with E-state index in [2.05, 4.69) is 15.2 Å². The molecule has 7 nitrogen and oxygen atoms in total. The normalized spacial score (nSPS) is 16.5. The van der Waals surface area contributed by atoms with Crippen molar-refractivity contribution in [3.05, 3.63) is 81.5 Å². The van der Waals surface area contributed by atoms with E-state index in [0.717, 1.165) is 0 Å². The number of likely N-dealkylation sites (N-methyl/N-ethyl adjacent to an activating group) is 1. The van der Waals surface area contributed by atoms with E-state index in [9.17, 15) is 27.6 Å². The highest BCUT2D eigenvalue weighted by molar-refractivity contribution is 6.07. The molecular weight excluding hydrogens is 492 g/mol. The number of alkyl halides is 3. The first-order chi connectivity index (χ1) is 17.5. The molecule has 0 spiro atoms. The largest absolute Gasteiger partial charge is 0.417 e. The molecule has 1 unspecified atom stereocenters. The molecule has 2 heterocycles. The highest BCUT2D eigenvalue weighted by atomic mass is 19.4. The predicted molar refractivity (Wildman–Crippen MR) is 132 cm³/mol. The smallest absolute Gasteiger partial charge is 0.367 e. The maximum atomic E-state index is 15.4. The number of aldehydes is 1. The monoisotopic (exact) mass is 516 g/mol. The van der Waals surface area contributed by atoms with E-state index in [1.54, 1.807) is 18.2 Å². The minimum atomic E-state index is -4.94. The number of hydrogen-bond acceptors (Lipinski definition) is 5. The highest BCUT2D eigenvalue weighted by Gasteiger charge is 2.36. The fourth-order valence-corrected chi connectivity index (χ4v) is 4.28. The third-order valence-electron chi connectivity index (χ3n) is 6.44. The molecule has 1 fully saturated rings. The summed E-state index contributed by atoms with van der Waals surface area (Å²) in [4.78, 5) is 41.9. The molecule has 1 aliphatic rings. The van der Waals surface area contributed by atoms with E-state index in [-0.39, 0.29) is 17.3 Å². The predicted octanol–water partition coefficient (Wildman–Crippen LogP) is 4.40. The van der Waals surface area contributed by atoms with Crippen LogP contribution in [0.1, 0.15) is 33.2 Å². The lowest BCUT2D eigenvalue weighted by atomic mass is 10.0. The second kappa shape index (κ2) is 10.2. The Balaban J connectivity index is 1.82. The summed E-state index contributed by atoms with van der Waals surface area (Å²) in [6.45, 7) is 3.62. The van der Waals surface area contributed by atoms with E-state index in [4.69, 9.17) is 0 Å². The first-order valence-electron chi connectivity index (χ1n) is 11.4. The molecular formula is C26H24F4N4O3. The van der Waals surface area contributed by atoms with Crippen molar-refractivity contribution in [2.45, 2.75) is 19.1 Å². The molecule has 11 heteroatoms. The summed E-state index contributed by atoms with van der Waals surface area (Å²) in [6, 6.07) is 9.16. The summed E-state index contributed by atoms with van der Waals surface area (Å²) in [5.74, 6) is -1.74. The zero-order valence-corrected chi connectivity index (χ0v) is 20.0. The fourth-order valence-electron chi connectivity index (χ4n) is 4.28. The number of amides is 1. The minimum absolute atomic E-state index is 0.0578. The summed E-state index contributed by atoms with van der Waals surface area (Å²) in [7, 11) is 1.95. The van der Waals surface area contributed by atoms with Crippen LogP contribution in [0.5, 0.6) is 0 Å². The molecule has 2 N–H and O–H groups in total. The van der Waals surface area contributed by atoms with Gasteiger partial charge in [-0.25, -0.2) is 4.39 Å². The Morgan fingerprint density at radius 3 is 2.59 bits per heavy atom. The van der Waals surface area contributed by atoms with Gasteiger partial charge in [0.15, 0.2) is 0 Å². The summed E-state index contributed by atoms with van der Waals surface area (Å²) >= 11 is 0. The third kappa shape index (κ3) is 5.56. The molecule has 1 aliphatic heterocycles. The second-order valence-corrected chi connectivity index (χ2v) is 8.94. The van der Waals surface area contributed by atoms with Crippen LogP contribution in [0, 0.1) is 5.82 Å². The van der Waals surface area contributed by atoms with Crippen LogP contribution in [0.4, 0.5) is 28.9 Å². The van der Waals surface area contributed by atoms with Gasteiger partial charge in [0.05, 0.1) is 22.5 Å². The van der Waals surface area contributed by atoms with Gasteiger partial charge in [0.1, 0.15) is 12.1 Å². The quantitative estimate of drug-likeness (QED) is 0.388. The molecule has 0 radical (unpaired) electrons. The molecule has 0 bridgehead atoms. The van der Waals surface area contributed by atoms with Gasteiger partial charge in [-0.1, -0.05) is 18.2 Å². The van der Waals surface area contributed by atoms with Gasteiger partial charge in [0, 0.05) is 49.1 Å². The van der Waals surface area contributed by atoms with Gasteiger partial charge in [0.2, 0.25) is 5.56 Å². The van der Waals surface area contributed by atoms with Crippen LogP contribution in [-0.4, -0.2) is 54.8 Å². The first kappa shape index (κ1) is 26.1. The van der Waals surface area contributed by atoms with Gasteiger partial charge in [0.25, 0.3) is 5.91 Å². The number of anilines is 2. The molecule has 1 saturated heterocycles. The summed E-state index contributed by atoms with van der Waals surface area (Å²) in [5, 5.41) is 2.50. The van der Waals surface area contributed by atoms with Crippen molar-refractivity contribution >= 4 is 23.6 Å². The van der Waals surface area contributed by atoms with Crippen molar-refractivity contribution < 1.29 is 27.2 Å². The number of rotatable bonds is 5. The van der Waals surface area contributed by atoms with E-state index < -0.39 is 34.6 Å². The van der Waals surface area contributed by atoms with Crippen LogP contribution >= 0.6 is 0 Å². The van der Waals surface area contributed by atoms with Crippen LogP contribution < -0.4 is 15.8 Å². The Bertz CT molecular complexity index is 1400. The average Bonchev–Trinajstić information content (AvgIpc) is 2.86. The number of H-pyrrole nitrogens is 1. The van der Waals surface area contributed by atoms with Crippen molar-refractivity contribution in [2.24, 2.45) is 0 Å². The Kier molecular flexibility index (Phi) is 7.17. The van der Waals surface area contributed by atoms with Crippen molar-refractivity contribution in [1.29, 1.82) is 0 Å². The van der Waals surface area contributed by atoms with Gasteiger partial charge in [-0.05, 0) is 37.7 Å². The Morgan fingerprint density at radius 2 is 1.92 bits per heavy atom. The molecule has 0 aliphatic carbocycles. The van der Waals surface area contributed by atoms with Gasteiger partial charge in [-0.15, -0.1) is 0 Å². The molecule has 37 heavy (non-hydrogen) atoms. The third-order valence-corrected chi connectivity index (χ3v) is 6.44. The van der Waals surface area contributed by atoms with Gasteiger partial charge >= 0.3 is 6.18 Å². The van der Waals surface area contributed by atoms with Crippen molar-refractivity contribution in [3.63, 3.8) is 0 Å². The van der Waals surface area contributed by atoms with E-state index in [0.29, 0.717) is 55.0 Å². The number of carbonyl (C=O) groups excluding carboxylic acids is 2. The van der Waals surface area contributed by atoms with Crippen LogP contribution in [0.25, 0.3) is 11.1 Å². The van der Waals surface area contributed by atoms with Crippen molar-refractivity contribution in [3.8, 4) is 11.1 Å². The molecule has 3 aromatic rings. The van der Waals surface area contributed by atoms with E-state index >= 15 is 4.39 Å². The fraction of sp³-hybridized carbons (Fsp3) is 0.269. The number of aromatic amines is 1. The average molecular weight is 516 g/mol. The number of aromatic nitrogens is 1. The van der Waals surface area contributed by atoms with Crippen LogP contribution in [-0.2, 0) is 6.18 Å². The number of nitrogens with one attached hydrogen (secondary N) is 2. The topological polar surface area (TPSA) is 85.5 Å². The van der Waals surface area contributed by atoms with Gasteiger partial charge in [-0.3, -0.25) is 14.4 Å². The van der Waals surface area contributed by atoms with Gasteiger partial charge in [-0.2, -0.15) is 13.2 Å². The number of pyridine rings is 1. The number of benzene rings is 2. The highest BCUT2D eigenvalue weighted by Crippen LogP contribution is 2.37. The standard InChI is InChI=1S/C26H24F4N4O3/c1-15-13-34(7-6-33(15)2)23-11-21(27)18(17-5-3-4-16(8-17)14-35)9-22(23)32-25(37)19-12-31-24(36)10-20(19)26(28,29)30/h3-5,8-12,14-15H,6-7,13H2,1-2H3,(H,31,36)(H,32,37). The van der Waals surface area contributed by atoms with Crippen molar-refractivity contribution in [1.82, 2.24) is 9.88 Å². The number of hydrogen-bond donors (Lipinski definition) is 2. The van der Waals surface area contributed by atoms with E-state index in [1.807, 2.05) is 18.9 Å². The number of halogens is 4. The lowest BCUT2D eigenvalue weighted by Gasteiger charge is -2.39. The van der Waals surface area contributed by atoms with Crippen LogP contribution in [0.3, 0.4) is 0 Å². The Morgan fingerprint density at radius 1 is 1.16 bits per heavy atom. The number of nitrogens with zero attached hydrogens (tertiary/aromatic N) is 2. The molecule has 2 aromatic carbocycles. The number of carbonyl (C=O) groups is 2. The maximum absolute atomic E-state index is 15.4. The molecule has 4 rings (SSSR count). The number of piperazine rings is 1. The van der Waals surface area contributed by atoms with Gasteiger partial charge < -0.3 is 20.1 Å². The molecule has 1 atom stereocenters. The molecule has 194 valence electrons.